The van der Waals surface area contributed by atoms with Crippen molar-refractivity contribution in [2.45, 2.75) is 45.4 Å². The second-order valence-corrected chi connectivity index (χ2v) is 8.43. The van der Waals surface area contributed by atoms with Crippen molar-refractivity contribution in [2.24, 2.45) is 0 Å². The van der Waals surface area contributed by atoms with Crippen molar-refractivity contribution in [1.82, 2.24) is 15.1 Å². The van der Waals surface area contributed by atoms with Crippen LogP contribution in [0, 0.1) is 13.8 Å². The van der Waals surface area contributed by atoms with Gasteiger partial charge in [0.1, 0.15) is 17.2 Å². The van der Waals surface area contributed by atoms with Crippen LogP contribution in [-0.2, 0) is 14.6 Å². The van der Waals surface area contributed by atoms with E-state index in [-0.39, 0.29) is 11.5 Å². The maximum absolute atomic E-state index is 11.9. The van der Waals surface area contributed by atoms with E-state index >= 15 is 0 Å². The lowest BCUT2D eigenvalue weighted by Gasteiger charge is -2.19. The number of carbonyl (C=O) groups excluding carboxylic acids is 1. The molecule has 0 aliphatic heterocycles. The summed E-state index contributed by atoms with van der Waals surface area (Å²) in [6.45, 7) is 8.52. The summed E-state index contributed by atoms with van der Waals surface area (Å²) in [6, 6.07) is 1.44. The number of anilines is 1. The molecule has 1 N–H and O–H groups in total. The summed E-state index contributed by atoms with van der Waals surface area (Å²) in [4.78, 5) is 19.9. The minimum absolute atomic E-state index is 0.000301. The lowest BCUT2D eigenvalue weighted by Crippen LogP contribution is -2.27. The first kappa shape index (κ1) is 18.8. The maximum atomic E-state index is 11.9. The monoisotopic (exact) mass is 368 g/mol. The van der Waals surface area contributed by atoms with Crippen molar-refractivity contribution in [2.75, 3.05) is 11.6 Å². The number of ether oxygens (including phenoxy) is 1. The molecule has 0 saturated heterocycles. The van der Waals surface area contributed by atoms with E-state index in [0.717, 1.165) is 6.26 Å². The summed E-state index contributed by atoms with van der Waals surface area (Å²) < 4.78 is 34.0. The number of sulfone groups is 1. The van der Waals surface area contributed by atoms with Crippen LogP contribution >= 0.6 is 0 Å². The highest BCUT2D eigenvalue weighted by Crippen LogP contribution is 2.27. The highest BCUT2D eigenvalue weighted by atomic mass is 32.2. The molecule has 0 aliphatic carbocycles. The normalized spacial score (nSPS) is 12.1. The van der Waals surface area contributed by atoms with E-state index in [9.17, 15) is 13.2 Å². The summed E-state index contributed by atoms with van der Waals surface area (Å²) in [5.41, 5.74) is 0.650. The predicted octanol–water partition coefficient (Wildman–Crippen LogP) is 2.50. The molecule has 0 unspecified atom stereocenters. The zero-order valence-corrected chi connectivity index (χ0v) is 15.7. The zero-order chi connectivity index (χ0) is 19.0. The van der Waals surface area contributed by atoms with Crippen molar-refractivity contribution in [3.05, 3.63) is 17.5 Å². The first-order valence-electron chi connectivity index (χ1n) is 7.39. The Morgan fingerprint density at radius 2 is 1.88 bits per heavy atom. The van der Waals surface area contributed by atoms with Crippen molar-refractivity contribution >= 4 is 21.7 Å². The van der Waals surface area contributed by atoms with Crippen LogP contribution in [0.2, 0.25) is 0 Å². The fourth-order valence-corrected chi connectivity index (χ4v) is 2.57. The number of carbonyl (C=O) groups is 1. The van der Waals surface area contributed by atoms with Crippen LogP contribution in [0.5, 0.6) is 0 Å². The molecule has 2 aromatic heterocycles. The van der Waals surface area contributed by atoms with E-state index in [2.05, 4.69) is 20.4 Å². The number of hydrogen-bond donors (Lipinski definition) is 1. The minimum atomic E-state index is -3.70. The Hall–Kier alpha value is -2.49. The molecule has 9 nitrogen and oxygen atoms in total. The van der Waals surface area contributed by atoms with Gasteiger partial charge in [-0.25, -0.2) is 23.2 Å². The summed E-state index contributed by atoms with van der Waals surface area (Å²) in [7, 11) is -3.70. The molecular formula is C15H20N4O5S. The Morgan fingerprint density at radius 1 is 1.24 bits per heavy atom. The number of aryl methyl sites for hydroxylation is 2. The van der Waals surface area contributed by atoms with E-state index in [1.54, 1.807) is 34.6 Å². The summed E-state index contributed by atoms with van der Waals surface area (Å²) in [5, 5.41) is 5.83. The SMILES string of the molecule is Cc1noc(C)c1-c1cc(NC(=O)OC(C)(C)C)nc(S(C)(=O)=O)n1. The molecule has 2 aromatic rings. The lowest BCUT2D eigenvalue weighted by atomic mass is 10.1. The predicted molar refractivity (Wildman–Crippen MR) is 90.0 cm³/mol. The van der Waals surface area contributed by atoms with Crippen molar-refractivity contribution in [3.8, 4) is 11.3 Å². The lowest BCUT2D eigenvalue weighted by molar-refractivity contribution is 0.0635. The molecule has 1 amide bonds. The van der Waals surface area contributed by atoms with Crippen molar-refractivity contribution in [1.29, 1.82) is 0 Å². The number of amides is 1. The molecule has 0 atom stereocenters. The molecule has 2 rings (SSSR count). The third-order valence-corrected chi connectivity index (χ3v) is 3.80. The molecule has 0 radical (unpaired) electrons. The molecule has 0 fully saturated rings. The molecule has 0 saturated carbocycles. The van der Waals surface area contributed by atoms with Crippen LogP contribution in [0.4, 0.5) is 10.6 Å². The minimum Gasteiger partial charge on any atom is -0.444 e. The van der Waals surface area contributed by atoms with Gasteiger partial charge in [0.2, 0.25) is 15.0 Å². The van der Waals surface area contributed by atoms with Crippen LogP contribution in [0.25, 0.3) is 11.3 Å². The van der Waals surface area contributed by atoms with E-state index in [4.69, 9.17) is 9.26 Å². The zero-order valence-electron chi connectivity index (χ0n) is 14.9. The fraction of sp³-hybridized carbons (Fsp3) is 0.467. The van der Waals surface area contributed by atoms with Crippen LogP contribution in [0.1, 0.15) is 32.2 Å². The van der Waals surface area contributed by atoms with Gasteiger partial charge in [0, 0.05) is 12.3 Å². The first-order valence-corrected chi connectivity index (χ1v) is 9.28. The van der Waals surface area contributed by atoms with Crippen molar-refractivity contribution in [3.63, 3.8) is 0 Å². The number of nitrogens with one attached hydrogen (secondary N) is 1. The summed E-state index contributed by atoms with van der Waals surface area (Å²) in [5.74, 6) is 0.471. The Labute approximate surface area is 145 Å². The highest BCUT2D eigenvalue weighted by molar-refractivity contribution is 7.90. The smallest absolute Gasteiger partial charge is 0.413 e. The van der Waals surface area contributed by atoms with Gasteiger partial charge in [-0.15, -0.1) is 0 Å². The van der Waals surface area contributed by atoms with E-state index in [0.29, 0.717) is 17.0 Å². The molecule has 0 bridgehead atoms. The van der Waals surface area contributed by atoms with Gasteiger partial charge in [0.15, 0.2) is 0 Å². The number of aromatic nitrogens is 3. The van der Waals surface area contributed by atoms with Crippen LogP contribution < -0.4 is 5.32 Å². The Bertz CT molecular complexity index is 893. The average Bonchev–Trinajstić information content (AvgIpc) is 2.74. The van der Waals surface area contributed by atoms with E-state index < -0.39 is 26.7 Å². The highest BCUT2D eigenvalue weighted by Gasteiger charge is 2.22. The first-order chi connectivity index (χ1) is 11.4. The quantitative estimate of drug-likeness (QED) is 0.819. The fourth-order valence-electron chi connectivity index (χ4n) is 2.04. The van der Waals surface area contributed by atoms with Gasteiger partial charge < -0.3 is 9.26 Å². The molecular weight excluding hydrogens is 348 g/mol. The molecule has 25 heavy (non-hydrogen) atoms. The van der Waals surface area contributed by atoms with Gasteiger partial charge in [-0.1, -0.05) is 5.16 Å². The number of hydrogen-bond acceptors (Lipinski definition) is 8. The second kappa shape index (κ2) is 6.43. The van der Waals surface area contributed by atoms with E-state index in [1.165, 1.54) is 6.07 Å². The van der Waals surface area contributed by atoms with Gasteiger partial charge in [-0.2, -0.15) is 0 Å². The van der Waals surface area contributed by atoms with Gasteiger partial charge in [-0.05, 0) is 34.6 Å². The van der Waals surface area contributed by atoms with Crippen molar-refractivity contribution < 1.29 is 22.5 Å². The number of nitrogens with zero attached hydrogens (tertiary/aromatic N) is 3. The Kier molecular flexibility index (Phi) is 4.85. The van der Waals surface area contributed by atoms with E-state index in [1.807, 2.05) is 0 Å². The second-order valence-electron chi connectivity index (χ2n) is 6.52. The summed E-state index contributed by atoms with van der Waals surface area (Å²) in [6.07, 6.45) is 0.229. The topological polar surface area (TPSA) is 124 Å². The third-order valence-electron chi connectivity index (χ3n) is 2.96. The summed E-state index contributed by atoms with van der Waals surface area (Å²) >= 11 is 0. The number of rotatable bonds is 3. The third kappa shape index (κ3) is 4.75. The average molecular weight is 368 g/mol. The largest absolute Gasteiger partial charge is 0.444 e. The van der Waals surface area contributed by atoms with Crippen LogP contribution in [0.15, 0.2) is 15.7 Å². The molecule has 2 heterocycles. The van der Waals surface area contributed by atoms with Crippen LogP contribution in [0.3, 0.4) is 0 Å². The van der Waals surface area contributed by atoms with Gasteiger partial charge >= 0.3 is 6.09 Å². The Balaban J connectivity index is 2.51. The van der Waals surface area contributed by atoms with Gasteiger partial charge in [-0.3, -0.25) is 5.32 Å². The maximum Gasteiger partial charge on any atom is 0.413 e. The molecule has 10 heteroatoms. The Morgan fingerprint density at radius 3 is 2.36 bits per heavy atom. The molecule has 0 spiro atoms. The molecule has 136 valence electrons. The standard InChI is InChI=1S/C15H20N4O5S/c1-8-12(9(2)24-19-8)10-7-11(17-13(16-10)25(6,21)22)18-14(20)23-15(3,4)5/h7H,1-6H3,(H,16,17,18,20). The van der Waals surface area contributed by atoms with Gasteiger partial charge in [0.25, 0.3) is 0 Å². The van der Waals surface area contributed by atoms with Crippen LogP contribution in [-0.4, -0.2) is 41.5 Å². The molecule has 0 aliphatic rings. The molecule has 0 aromatic carbocycles. The van der Waals surface area contributed by atoms with Gasteiger partial charge in [0.05, 0.1) is 17.0 Å².